The summed E-state index contributed by atoms with van der Waals surface area (Å²) in [5, 5.41) is 0.796. The highest BCUT2D eigenvalue weighted by Crippen LogP contribution is 2.26. The van der Waals surface area contributed by atoms with Crippen molar-refractivity contribution in [1.29, 1.82) is 0 Å². The third-order valence-corrected chi connectivity index (χ3v) is 2.28. The zero-order valence-electron chi connectivity index (χ0n) is 7.76. The van der Waals surface area contributed by atoms with Crippen LogP contribution in [0.3, 0.4) is 0 Å². The molecule has 0 saturated carbocycles. The van der Waals surface area contributed by atoms with Crippen molar-refractivity contribution >= 4 is 11.6 Å². The second-order valence-corrected chi connectivity index (χ2v) is 3.61. The predicted octanol–water partition coefficient (Wildman–Crippen LogP) is 3.42. The summed E-state index contributed by atoms with van der Waals surface area (Å²) in [5.74, 6) is 0.482. The third kappa shape index (κ3) is 1.78. The van der Waals surface area contributed by atoms with Crippen LogP contribution in [-0.4, -0.2) is 4.98 Å². The summed E-state index contributed by atoms with van der Waals surface area (Å²) in [4.78, 5) is 4.07. The molecule has 0 unspecified atom stereocenters. The summed E-state index contributed by atoms with van der Waals surface area (Å²) in [6, 6.07) is 0. The van der Waals surface area contributed by atoms with E-state index in [2.05, 4.69) is 25.8 Å². The Morgan fingerprint density at radius 2 is 2.08 bits per heavy atom. The fourth-order valence-corrected chi connectivity index (χ4v) is 1.81. The Morgan fingerprint density at radius 3 is 2.50 bits per heavy atom. The molecule has 1 heterocycles. The number of nitrogens with zero attached hydrogens (tertiary/aromatic N) is 1. The molecule has 1 nitrogen and oxygen atoms in total. The number of hydrogen-bond acceptors (Lipinski definition) is 1. The van der Waals surface area contributed by atoms with E-state index in [0.717, 1.165) is 11.4 Å². The molecule has 0 saturated heterocycles. The van der Waals surface area contributed by atoms with Crippen molar-refractivity contribution in [2.75, 3.05) is 0 Å². The molecule has 1 aromatic heterocycles. The highest BCUT2D eigenvalue weighted by atomic mass is 35.5. The second kappa shape index (κ2) is 3.90. The van der Waals surface area contributed by atoms with E-state index in [1.807, 2.05) is 6.20 Å². The summed E-state index contributed by atoms with van der Waals surface area (Å²) in [5.41, 5.74) is 2.51. The van der Waals surface area contributed by atoms with E-state index < -0.39 is 0 Å². The number of aryl methyl sites for hydroxylation is 1. The van der Waals surface area contributed by atoms with Crippen molar-refractivity contribution in [2.24, 2.45) is 0 Å². The minimum atomic E-state index is 0.482. The van der Waals surface area contributed by atoms with Crippen molar-refractivity contribution in [1.82, 2.24) is 4.98 Å². The standard InChI is InChI=1S/C10H14ClN/c1-4-8-5-12-6-9(11)10(8)7(2)3/h5-7H,4H2,1-3H3. The Balaban J connectivity index is 3.20. The average Bonchev–Trinajstić information content (AvgIpc) is 2.03. The molecule has 1 aromatic rings. The number of aromatic nitrogens is 1. The Kier molecular flexibility index (Phi) is 3.10. The van der Waals surface area contributed by atoms with Crippen LogP contribution in [0.25, 0.3) is 0 Å². The predicted molar refractivity (Wildman–Crippen MR) is 52.7 cm³/mol. The molecule has 0 spiro atoms. The lowest BCUT2D eigenvalue weighted by Crippen LogP contribution is -1.97. The molecule has 2 heteroatoms. The molecule has 66 valence electrons. The fraction of sp³-hybridized carbons (Fsp3) is 0.500. The van der Waals surface area contributed by atoms with E-state index in [1.165, 1.54) is 11.1 Å². The molecule has 0 radical (unpaired) electrons. The Bertz CT molecular complexity index is 269. The lowest BCUT2D eigenvalue weighted by molar-refractivity contribution is 0.838. The Labute approximate surface area is 78.8 Å². The monoisotopic (exact) mass is 183 g/mol. The van der Waals surface area contributed by atoms with E-state index in [4.69, 9.17) is 11.6 Å². The van der Waals surface area contributed by atoms with Crippen LogP contribution in [0.2, 0.25) is 5.02 Å². The molecular formula is C10H14ClN. The van der Waals surface area contributed by atoms with Gasteiger partial charge in [-0.3, -0.25) is 4.98 Å². The van der Waals surface area contributed by atoms with Crippen LogP contribution in [-0.2, 0) is 6.42 Å². The summed E-state index contributed by atoms with van der Waals surface area (Å²) in [6.45, 7) is 6.43. The van der Waals surface area contributed by atoms with Crippen molar-refractivity contribution in [2.45, 2.75) is 33.1 Å². The zero-order valence-corrected chi connectivity index (χ0v) is 8.52. The SMILES string of the molecule is CCc1cncc(Cl)c1C(C)C. The molecule has 0 aromatic carbocycles. The van der Waals surface area contributed by atoms with Crippen LogP contribution in [0, 0.1) is 0 Å². The van der Waals surface area contributed by atoms with Crippen LogP contribution in [0.4, 0.5) is 0 Å². The van der Waals surface area contributed by atoms with Crippen LogP contribution >= 0.6 is 11.6 Å². The first-order valence-corrected chi connectivity index (χ1v) is 4.66. The van der Waals surface area contributed by atoms with Gasteiger partial charge in [0.1, 0.15) is 0 Å². The van der Waals surface area contributed by atoms with Crippen molar-refractivity contribution in [3.05, 3.63) is 28.5 Å². The third-order valence-electron chi connectivity index (χ3n) is 1.98. The maximum absolute atomic E-state index is 6.04. The zero-order chi connectivity index (χ0) is 9.14. The van der Waals surface area contributed by atoms with E-state index in [9.17, 15) is 0 Å². The minimum Gasteiger partial charge on any atom is -0.263 e. The van der Waals surface area contributed by atoms with Gasteiger partial charge in [0.2, 0.25) is 0 Å². The van der Waals surface area contributed by atoms with E-state index in [0.29, 0.717) is 5.92 Å². The van der Waals surface area contributed by atoms with Gasteiger partial charge in [0.25, 0.3) is 0 Å². The summed E-state index contributed by atoms with van der Waals surface area (Å²) >= 11 is 6.04. The van der Waals surface area contributed by atoms with Crippen molar-refractivity contribution in [3.8, 4) is 0 Å². The first-order valence-electron chi connectivity index (χ1n) is 4.29. The maximum atomic E-state index is 6.04. The van der Waals surface area contributed by atoms with Gasteiger partial charge in [-0.1, -0.05) is 32.4 Å². The van der Waals surface area contributed by atoms with Gasteiger partial charge in [0.15, 0.2) is 0 Å². The minimum absolute atomic E-state index is 0.482. The van der Waals surface area contributed by atoms with Gasteiger partial charge in [-0.2, -0.15) is 0 Å². The van der Waals surface area contributed by atoms with E-state index in [-0.39, 0.29) is 0 Å². The topological polar surface area (TPSA) is 12.9 Å². The first kappa shape index (κ1) is 9.53. The second-order valence-electron chi connectivity index (χ2n) is 3.20. The van der Waals surface area contributed by atoms with Crippen LogP contribution < -0.4 is 0 Å². The number of hydrogen-bond donors (Lipinski definition) is 0. The highest BCUT2D eigenvalue weighted by molar-refractivity contribution is 6.31. The highest BCUT2D eigenvalue weighted by Gasteiger charge is 2.09. The number of rotatable bonds is 2. The van der Waals surface area contributed by atoms with E-state index in [1.54, 1.807) is 6.20 Å². The number of halogens is 1. The average molecular weight is 184 g/mol. The maximum Gasteiger partial charge on any atom is 0.0626 e. The van der Waals surface area contributed by atoms with Gasteiger partial charge < -0.3 is 0 Å². The molecule has 0 bridgehead atoms. The lowest BCUT2D eigenvalue weighted by atomic mass is 9.98. The van der Waals surface area contributed by atoms with Crippen molar-refractivity contribution < 1.29 is 0 Å². The van der Waals surface area contributed by atoms with Gasteiger partial charge in [0.05, 0.1) is 5.02 Å². The normalized spacial score (nSPS) is 10.8. The molecule has 12 heavy (non-hydrogen) atoms. The first-order chi connectivity index (χ1) is 5.66. The Hall–Kier alpha value is -0.560. The van der Waals surface area contributed by atoms with Crippen LogP contribution in [0.1, 0.15) is 37.8 Å². The summed E-state index contributed by atoms with van der Waals surface area (Å²) in [7, 11) is 0. The Morgan fingerprint density at radius 1 is 1.42 bits per heavy atom. The molecule has 0 aliphatic rings. The van der Waals surface area contributed by atoms with Gasteiger partial charge >= 0.3 is 0 Å². The molecule has 0 amide bonds. The molecule has 1 rings (SSSR count). The van der Waals surface area contributed by atoms with E-state index >= 15 is 0 Å². The smallest absolute Gasteiger partial charge is 0.0626 e. The quantitative estimate of drug-likeness (QED) is 0.685. The largest absolute Gasteiger partial charge is 0.263 e. The fourth-order valence-electron chi connectivity index (χ4n) is 1.41. The van der Waals surface area contributed by atoms with Crippen LogP contribution in [0.15, 0.2) is 12.4 Å². The van der Waals surface area contributed by atoms with Crippen LogP contribution in [0.5, 0.6) is 0 Å². The molecule has 0 aliphatic carbocycles. The molecule has 0 fully saturated rings. The van der Waals surface area contributed by atoms with Crippen molar-refractivity contribution in [3.63, 3.8) is 0 Å². The van der Waals surface area contributed by atoms with Gasteiger partial charge in [-0.25, -0.2) is 0 Å². The summed E-state index contributed by atoms with van der Waals surface area (Å²) in [6.07, 6.45) is 4.62. The molecular weight excluding hydrogens is 170 g/mol. The van der Waals surface area contributed by atoms with Gasteiger partial charge in [0, 0.05) is 12.4 Å². The lowest BCUT2D eigenvalue weighted by Gasteiger charge is -2.12. The van der Waals surface area contributed by atoms with Gasteiger partial charge in [-0.15, -0.1) is 0 Å². The number of pyridine rings is 1. The molecule has 0 N–H and O–H groups in total. The molecule has 0 aliphatic heterocycles. The summed E-state index contributed by atoms with van der Waals surface area (Å²) < 4.78 is 0. The van der Waals surface area contributed by atoms with Gasteiger partial charge in [-0.05, 0) is 23.5 Å². The molecule has 0 atom stereocenters.